The summed E-state index contributed by atoms with van der Waals surface area (Å²) >= 11 is 6.16. The fourth-order valence-corrected chi connectivity index (χ4v) is 2.98. The van der Waals surface area contributed by atoms with Crippen LogP contribution in [0.15, 0.2) is 6.33 Å². The topological polar surface area (TPSA) is 55.1 Å². The summed E-state index contributed by atoms with van der Waals surface area (Å²) in [6, 6.07) is 0.458. The molecule has 0 radical (unpaired) electrons. The Morgan fingerprint density at radius 2 is 2.26 bits per heavy atom. The van der Waals surface area contributed by atoms with Crippen LogP contribution in [0, 0.1) is 12.3 Å². The monoisotopic (exact) mass is 279 g/mol. The third-order valence-electron chi connectivity index (χ3n) is 3.91. The molecule has 2 aromatic rings. The van der Waals surface area contributed by atoms with E-state index in [0.717, 1.165) is 17.8 Å². The molecule has 0 aromatic carbocycles. The van der Waals surface area contributed by atoms with Gasteiger partial charge in [-0.2, -0.15) is 19.6 Å². The maximum Gasteiger partial charge on any atom is 0.255 e. The Labute approximate surface area is 117 Å². The molecule has 1 N–H and O–H groups in total. The Morgan fingerprint density at radius 1 is 1.47 bits per heavy atom. The number of nitrogens with zero attached hydrogens (tertiary/aromatic N) is 4. The van der Waals surface area contributed by atoms with Crippen molar-refractivity contribution in [3.63, 3.8) is 0 Å². The molecule has 0 saturated heterocycles. The lowest BCUT2D eigenvalue weighted by Crippen LogP contribution is -2.20. The van der Waals surface area contributed by atoms with Gasteiger partial charge in [-0.15, -0.1) is 0 Å². The SMILES string of the molecule is Cc1c(Cl)nc2ncnn2c1NC1CCC(C)(C)C1. The molecule has 2 aromatic heterocycles. The minimum Gasteiger partial charge on any atom is -0.367 e. The standard InChI is InChI=1S/C13H18ClN5/c1-8-10(14)18-12-15-7-16-19(12)11(8)17-9-4-5-13(2,3)6-9/h7,9,17H,4-6H2,1-3H3. The fourth-order valence-electron chi connectivity index (χ4n) is 2.82. The average Bonchev–Trinajstić information content (AvgIpc) is 2.91. The zero-order valence-electron chi connectivity index (χ0n) is 11.4. The number of rotatable bonds is 2. The highest BCUT2D eigenvalue weighted by molar-refractivity contribution is 6.30. The minimum absolute atomic E-state index is 0.407. The van der Waals surface area contributed by atoms with Crippen LogP contribution in [0.3, 0.4) is 0 Å². The maximum atomic E-state index is 6.16. The Kier molecular flexibility index (Phi) is 2.89. The van der Waals surface area contributed by atoms with E-state index in [1.165, 1.54) is 19.2 Å². The Morgan fingerprint density at radius 3 is 2.95 bits per heavy atom. The van der Waals surface area contributed by atoms with E-state index in [1.807, 2.05) is 6.92 Å². The summed E-state index contributed by atoms with van der Waals surface area (Å²) in [6.07, 6.45) is 5.07. The summed E-state index contributed by atoms with van der Waals surface area (Å²) in [6.45, 7) is 6.58. The zero-order valence-corrected chi connectivity index (χ0v) is 12.2. The van der Waals surface area contributed by atoms with Crippen molar-refractivity contribution in [3.8, 4) is 0 Å². The first-order valence-electron chi connectivity index (χ1n) is 6.59. The van der Waals surface area contributed by atoms with Crippen molar-refractivity contribution in [2.45, 2.75) is 46.1 Å². The molecule has 3 rings (SSSR count). The molecule has 0 amide bonds. The third-order valence-corrected chi connectivity index (χ3v) is 4.28. The number of aromatic nitrogens is 4. The van der Waals surface area contributed by atoms with Gasteiger partial charge in [0, 0.05) is 11.6 Å². The van der Waals surface area contributed by atoms with Crippen LogP contribution in [0.25, 0.3) is 5.78 Å². The van der Waals surface area contributed by atoms with Crippen LogP contribution in [-0.2, 0) is 0 Å². The summed E-state index contributed by atoms with van der Waals surface area (Å²) in [5.74, 6) is 1.45. The summed E-state index contributed by atoms with van der Waals surface area (Å²) in [7, 11) is 0. The molecular formula is C13H18ClN5. The predicted octanol–water partition coefficient (Wildman–Crippen LogP) is 3.08. The molecule has 1 aliphatic carbocycles. The summed E-state index contributed by atoms with van der Waals surface area (Å²) in [5.41, 5.74) is 1.33. The molecule has 1 fully saturated rings. The highest BCUT2D eigenvalue weighted by Crippen LogP contribution is 2.38. The van der Waals surface area contributed by atoms with Crippen molar-refractivity contribution in [2.24, 2.45) is 5.41 Å². The third kappa shape index (κ3) is 2.27. The molecule has 102 valence electrons. The van der Waals surface area contributed by atoms with Gasteiger partial charge in [0.2, 0.25) is 0 Å². The maximum absolute atomic E-state index is 6.16. The van der Waals surface area contributed by atoms with Gasteiger partial charge in [0.25, 0.3) is 5.78 Å². The number of nitrogens with one attached hydrogen (secondary N) is 1. The van der Waals surface area contributed by atoms with E-state index in [4.69, 9.17) is 11.6 Å². The first-order valence-corrected chi connectivity index (χ1v) is 6.96. The van der Waals surface area contributed by atoms with Crippen LogP contribution < -0.4 is 5.32 Å². The molecule has 1 aliphatic rings. The second-order valence-electron chi connectivity index (χ2n) is 6.10. The smallest absolute Gasteiger partial charge is 0.255 e. The molecular weight excluding hydrogens is 262 g/mol. The van der Waals surface area contributed by atoms with Crippen LogP contribution >= 0.6 is 11.6 Å². The van der Waals surface area contributed by atoms with Crippen LogP contribution in [0.2, 0.25) is 5.15 Å². The molecule has 0 aliphatic heterocycles. The van der Waals surface area contributed by atoms with Crippen molar-refractivity contribution in [3.05, 3.63) is 17.0 Å². The Balaban J connectivity index is 1.96. The quantitative estimate of drug-likeness (QED) is 0.859. The lowest BCUT2D eigenvalue weighted by molar-refractivity contribution is 0.378. The van der Waals surface area contributed by atoms with E-state index in [2.05, 4.69) is 34.2 Å². The molecule has 6 heteroatoms. The van der Waals surface area contributed by atoms with Gasteiger partial charge in [-0.05, 0) is 31.6 Å². The van der Waals surface area contributed by atoms with E-state index >= 15 is 0 Å². The number of anilines is 1. The lowest BCUT2D eigenvalue weighted by atomic mass is 9.92. The van der Waals surface area contributed by atoms with Crippen LogP contribution in [0.4, 0.5) is 5.82 Å². The fraction of sp³-hybridized carbons (Fsp3) is 0.615. The molecule has 5 nitrogen and oxygen atoms in total. The summed E-state index contributed by atoms with van der Waals surface area (Å²) < 4.78 is 1.73. The highest BCUT2D eigenvalue weighted by Gasteiger charge is 2.31. The van der Waals surface area contributed by atoms with Gasteiger partial charge >= 0.3 is 0 Å². The average molecular weight is 280 g/mol. The largest absolute Gasteiger partial charge is 0.367 e. The number of fused-ring (bicyclic) bond motifs is 1. The summed E-state index contributed by atoms with van der Waals surface area (Å²) in [4.78, 5) is 8.31. The summed E-state index contributed by atoms with van der Waals surface area (Å²) in [5, 5.41) is 8.28. The molecule has 2 heterocycles. The van der Waals surface area contributed by atoms with Crippen LogP contribution in [0.1, 0.15) is 38.7 Å². The van der Waals surface area contributed by atoms with Gasteiger partial charge < -0.3 is 5.32 Å². The van der Waals surface area contributed by atoms with Crippen molar-refractivity contribution >= 4 is 23.2 Å². The number of halogens is 1. The zero-order chi connectivity index (χ0) is 13.6. The first kappa shape index (κ1) is 12.7. The number of hydrogen-bond acceptors (Lipinski definition) is 4. The van der Waals surface area contributed by atoms with Crippen molar-refractivity contribution in [1.29, 1.82) is 0 Å². The van der Waals surface area contributed by atoms with E-state index in [1.54, 1.807) is 4.52 Å². The number of hydrogen-bond donors (Lipinski definition) is 1. The second kappa shape index (κ2) is 4.34. The van der Waals surface area contributed by atoms with Gasteiger partial charge in [0.05, 0.1) is 0 Å². The van der Waals surface area contributed by atoms with Gasteiger partial charge in [0.15, 0.2) is 0 Å². The Bertz CT molecular complexity index is 619. The van der Waals surface area contributed by atoms with Crippen LogP contribution in [0.5, 0.6) is 0 Å². The van der Waals surface area contributed by atoms with Gasteiger partial charge in [-0.3, -0.25) is 0 Å². The van der Waals surface area contributed by atoms with E-state index in [-0.39, 0.29) is 0 Å². The molecule has 0 bridgehead atoms. The molecule has 0 spiro atoms. The second-order valence-corrected chi connectivity index (χ2v) is 6.45. The van der Waals surface area contributed by atoms with Gasteiger partial charge in [0.1, 0.15) is 17.3 Å². The van der Waals surface area contributed by atoms with E-state index in [0.29, 0.717) is 22.4 Å². The Hall–Kier alpha value is -1.36. The first-order chi connectivity index (χ1) is 8.96. The van der Waals surface area contributed by atoms with Gasteiger partial charge in [-0.25, -0.2) is 0 Å². The normalized spacial score (nSPS) is 22.0. The van der Waals surface area contributed by atoms with Crippen LogP contribution in [-0.4, -0.2) is 25.6 Å². The highest BCUT2D eigenvalue weighted by atomic mass is 35.5. The predicted molar refractivity (Wildman–Crippen MR) is 75.6 cm³/mol. The lowest BCUT2D eigenvalue weighted by Gasteiger charge is -2.20. The molecule has 19 heavy (non-hydrogen) atoms. The van der Waals surface area contributed by atoms with Crippen molar-refractivity contribution < 1.29 is 0 Å². The minimum atomic E-state index is 0.407. The van der Waals surface area contributed by atoms with E-state index < -0.39 is 0 Å². The van der Waals surface area contributed by atoms with E-state index in [9.17, 15) is 0 Å². The molecule has 1 saturated carbocycles. The van der Waals surface area contributed by atoms with Gasteiger partial charge in [-0.1, -0.05) is 25.4 Å². The van der Waals surface area contributed by atoms with Crippen molar-refractivity contribution in [2.75, 3.05) is 5.32 Å². The molecule has 1 unspecified atom stereocenters. The molecule has 1 atom stereocenters. The van der Waals surface area contributed by atoms with Crippen molar-refractivity contribution in [1.82, 2.24) is 19.6 Å².